The Morgan fingerprint density at radius 1 is 0.931 bits per heavy atom. The predicted octanol–water partition coefficient (Wildman–Crippen LogP) is 6.75. The molecule has 0 aliphatic carbocycles. The summed E-state index contributed by atoms with van der Waals surface area (Å²) in [7, 11) is 0. The molecule has 6 heteroatoms. The summed E-state index contributed by atoms with van der Waals surface area (Å²) >= 11 is 0. The zero-order chi connectivity index (χ0) is 21.6. The van der Waals surface area contributed by atoms with Gasteiger partial charge in [0.25, 0.3) is 0 Å². The van der Waals surface area contributed by atoms with E-state index < -0.39 is 0 Å². The molecule has 4 rings (SSSR count). The number of pyridine rings is 1. The lowest BCUT2D eigenvalue weighted by molar-refractivity contribution is 0.521. The number of furan rings is 1. The lowest BCUT2D eigenvalue weighted by atomic mass is 10.1. The zero-order valence-electron chi connectivity index (χ0n) is 18.6. The highest BCUT2D eigenvalue weighted by molar-refractivity contribution is 5.76. The van der Waals surface area contributed by atoms with Crippen molar-refractivity contribution >= 4 is 11.0 Å². The minimum Gasteiger partial charge on any atom is -0.461 e. The van der Waals surface area contributed by atoms with Crippen molar-refractivity contribution in [2.24, 2.45) is 5.92 Å². The Hall–Kier alpha value is -2.89. The van der Waals surface area contributed by atoms with Crippen LogP contribution in [-0.4, -0.2) is 19.7 Å². The molecule has 4 heterocycles. The fourth-order valence-corrected chi connectivity index (χ4v) is 1.95. The van der Waals surface area contributed by atoms with Crippen molar-refractivity contribution in [3.8, 4) is 0 Å². The summed E-state index contributed by atoms with van der Waals surface area (Å²) in [6, 6.07) is 6.36. The Bertz CT molecular complexity index is 810. The molecule has 0 saturated heterocycles. The summed E-state index contributed by atoms with van der Waals surface area (Å²) in [4.78, 5) is 7.58. The molecule has 0 aliphatic rings. The van der Waals surface area contributed by atoms with Crippen molar-refractivity contribution < 1.29 is 8.83 Å². The van der Waals surface area contributed by atoms with Crippen LogP contribution in [0.15, 0.2) is 70.7 Å². The minimum absolute atomic E-state index is 0.442. The van der Waals surface area contributed by atoms with Crippen LogP contribution in [-0.2, 0) is 0 Å². The maximum absolute atomic E-state index is 5.59. The second-order valence-corrected chi connectivity index (χ2v) is 7.70. The molecule has 0 aliphatic heterocycles. The van der Waals surface area contributed by atoms with Crippen molar-refractivity contribution in [3.63, 3.8) is 0 Å². The Morgan fingerprint density at radius 3 is 2.03 bits per heavy atom. The smallest absolute Gasteiger partial charge is 0.180 e. The molecule has 0 fully saturated rings. The van der Waals surface area contributed by atoms with Crippen molar-refractivity contribution in [1.82, 2.24) is 19.7 Å². The topological polar surface area (TPSA) is 69.9 Å². The Labute approximate surface area is 174 Å². The van der Waals surface area contributed by atoms with Gasteiger partial charge in [-0.3, -0.25) is 9.67 Å². The number of fused-ring (bicyclic) bond motifs is 1. The fourth-order valence-electron chi connectivity index (χ4n) is 1.95. The first-order valence-corrected chi connectivity index (χ1v) is 9.96. The van der Waals surface area contributed by atoms with Crippen molar-refractivity contribution in [1.29, 1.82) is 0 Å². The first kappa shape index (κ1) is 24.1. The van der Waals surface area contributed by atoms with E-state index in [0.29, 0.717) is 12.0 Å². The molecule has 0 amide bonds. The quantitative estimate of drug-likeness (QED) is 0.373. The van der Waals surface area contributed by atoms with Crippen molar-refractivity contribution in [2.45, 2.75) is 60.4 Å². The number of nitrogens with zero attached hydrogens (tertiary/aromatic N) is 4. The van der Waals surface area contributed by atoms with Gasteiger partial charge >= 0.3 is 0 Å². The average Bonchev–Trinajstić information content (AvgIpc) is 3.45. The highest BCUT2D eigenvalue weighted by atomic mass is 16.3. The Morgan fingerprint density at radius 2 is 1.66 bits per heavy atom. The minimum atomic E-state index is 0.442. The van der Waals surface area contributed by atoms with E-state index in [2.05, 4.69) is 67.9 Å². The highest BCUT2D eigenvalue weighted by Gasteiger charge is 2.05. The standard InChI is InChI=1S/C10H11NO.C6H10N2.C4H10.C3H3NO/c1-7(2)10-5-8-6-11-4-3-9(8)12-10;1-6(2)8-5-3-4-7-8;1-4(2)3;1-2-5-3-4-1/h3-7H,1-2H3;3-6H,1-2H3;4H,1-3H3;1-3H. The highest BCUT2D eigenvalue weighted by Crippen LogP contribution is 2.23. The number of hydrogen-bond acceptors (Lipinski definition) is 5. The van der Waals surface area contributed by atoms with Crippen LogP contribution in [0.25, 0.3) is 11.0 Å². The molecular formula is C23H34N4O2. The average molecular weight is 399 g/mol. The summed E-state index contributed by atoms with van der Waals surface area (Å²) in [5, 5.41) is 5.12. The maximum atomic E-state index is 5.59. The molecule has 158 valence electrons. The summed E-state index contributed by atoms with van der Waals surface area (Å²) in [5.41, 5.74) is 0.925. The molecule has 29 heavy (non-hydrogen) atoms. The molecule has 4 aromatic rings. The largest absolute Gasteiger partial charge is 0.461 e. The predicted molar refractivity (Wildman–Crippen MR) is 118 cm³/mol. The summed E-state index contributed by atoms with van der Waals surface area (Å²) in [5.74, 6) is 2.30. The molecule has 0 N–H and O–H groups in total. The third-order valence-corrected chi connectivity index (χ3v) is 3.31. The van der Waals surface area contributed by atoms with E-state index in [9.17, 15) is 0 Å². The monoisotopic (exact) mass is 398 g/mol. The van der Waals surface area contributed by atoms with Gasteiger partial charge in [-0.25, -0.2) is 4.98 Å². The number of aromatic nitrogens is 4. The molecule has 0 bridgehead atoms. The van der Waals surface area contributed by atoms with Gasteiger partial charge in [-0.1, -0.05) is 34.6 Å². The normalized spacial score (nSPS) is 10.1. The van der Waals surface area contributed by atoms with Gasteiger partial charge in [0.05, 0.1) is 6.20 Å². The van der Waals surface area contributed by atoms with Crippen LogP contribution in [0.3, 0.4) is 0 Å². The molecule has 6 nitrogen and oxygen atoms in total. The van der Waals surface area contributed by atoms with Gasteiger partial charge in [-0.05, 0) is 38.0 Å². The lowest BCUT2D eigenvalue weighted by Gasteiger charge is -2.01. The van der Waals surface area contributed by atoms with E-state index >= 15 is 0 Å². The molecular weight excluding hydrogens is 364 g/mol. The van der Waals surface area contributed by atoms with Crippen LogP contribution < -0.4 is 0 Å². The van der Waals surface area contributed by atoms with E-state index in [1.807, 2.05) is 35.3 Å². The second-order valence-electron chi connectivity index (χ2n) is 7.70. The van der Waals surface area contributed by atoms with E-state index in [0.717, 1.165) is 22.6 Å². The van der Waals surface area contributed by atoms with Gasteiger partial charge < -0.3 is 8.83 Å². The van der Waals surface area contributed by atoms with Crippen molar-refractivity contribution in [2.75, 3.05) is 0 Å². The maximum Gasteiger partial charge on any atom is 0.180 e. The van der Waals surface area contributed by atoms with Gasteiger partial charge in [0.1, 0.15) is 17.6 Å². The molecule has 0 radical (unpaired) electrons. The van der Waals surface area contributed by atoms with Crippen LogP contribution in [0.5, 0.6) is 0 Å². The molecule has 4 aromatic heterocycles. The third-order valence-electron chi connectivity index (χ3n) is 3.31. The van der Waals surface area contributed by atoms with E-state index in [4.69, 9.17) is 4.42 Å². The Kier molecular flexibility index (Phi) is 11.1. The fraction of sp³-hybridized carbons (Fsp3) is 0.435. The summed E-state index contributed by atoms with van der Waals surface area (Å²) < 4.78 is 12.0. The first-order valence-electron chi connectivity index (χ1n) is 9.96. The van der Waals surface area contributed by atoms with Gasteiger partial charge in [-0.15, -0.1) is 0 Å². The van der Waals surface area contributed by atoms with E-state index in [1.54, 1.807) is 18.6 Å². The number of oxazole rings is 1. The van der Waals surface area contributed by atoms with Crippen molar-refractivity contribution in [3.05, 3.63) is 67.6 Å². The Balaban J connectivity index is 0.000000214. The molecule has 0 spiro atoms. The summed E-state index contributed by atoms with van der Waals surface area (Å²) in [6.07, 6.45) is 11.8. The van der Waals surface area contributed by atoms with Crippen LogP contribution >= 0.6 is 0 Å². The number of hydrogen-bond donors (Lipinski definition) is 0. The molecule has 0 unspecified atom stereocenters. The molecule has 0 atom stereocenters. The third kappa shape index (κ3) is 10.3. The second kappa shape index (κ2) is 13.3. The van der Waals surface area contributed by atoms with Gasteiger partial charge in [-0.2, -0.15) is 5.10 Å². The first-order chi connectivity index (χ1) is 13.8. The lowest BCUT2D eigenvalue weighted by Crippen LogP contribution is -1.99. The van der Waals surface area contributed by atoms with E-state index in [1.165, 1.54) is 12.7 Å². The van der Waals surface area contributed by atoms with Gasteiger partial charge in [0.15, 0.2) is 6.39 Å². The van der Waals surface area contributed by atoms with Crippen LogP contribution in [0.2, 0.25) is 0 Å². The zero-order valence-corrected chi connectivity index (χ0v) is 18.6. The van der Waals surface area contributed by atoms with Gasteiger partial charge in [0.2, 0.25) is 0 Å². The number of rotatable bonds is 2. The molecule has 0 saturated carbocycles. The molecule has 0 aromatic carbocycles. The SMILES string of the molecule is CC(C)C.CC(C)c1cc2cnccc2o1.CC(C)n1cccn1.c1cocn1. The van der Waals surface area contributed by atoms with E-state index in [-0.39, 0.29) is 0 Å². The van der Waals surface area contributed by atoms with Crippen LogP contribution in [0.1, 0.15) is 66.2 Å². The van der Waals surface area contributed by atoms with Crippen LogP contribution in [0.4, 0.5) is 0 Å². The summed E-state index contributed by atoms with van der Waals surface area (Å²) in [6.45, 7) is 14.9. The van der Waals surface area contributed by atoms with Crippen LogP contribution in [0, 0.1) is 5.92 Å². The van der Waals surface area contributed by atoms with Gasteiger partial charge in [0, 0.05) is 42.1 Å².